The number of aryl methyl sites for hydroxylation is 1. The van der Waals surface area contributed by atoms with Crippen LogP contribution in [0.2, 0.25) is 0 Å². The van der Waals surface area contributed by atoms with Crippen LogP contribution in [0.4, 0.5) is 0 Å². The van der Waals surface area contributed by atoms with Gasteiger partial charge in [-0.3, -0.25) is 16.3 Å². The van der Waals surface area contributed by atoms with Crippen molar-refractivity contribution in [2.75, 3.05) is 6.61 Å². The fourth-order valence-electron chi connectivity index (χ4n) is 3.26. The highest BCUT2D eigenvalue weighted by Gasteiger charge is 2.42. The van der Waals surface area contributed by atoms with E-state index in [0.717, 1.165) is 30.0 Å². The van der Waals surface area contributed by atoms with Gasteiger partial charge in [0.15, 0.2) is 0 Å². The predicted molar refractivity (Wildman–Crippen MR) is 81.0 cm³/mol. The molecule has 112 valence electrons. The third kappa shape index (κ3) is 3.19. The minimum atomic E-state index is -0.201. The maximum Gasteiger partial charge on any atom is 0.0889 e. The molecule has 4 heteroatoms. The van der Waals surface area contributed by atoms with Gasteiger partial charge < -0.3 is 4.74 Å². The van der Waals surface area contributed by atoms with E-state index in [1.165, 1.54) is 12.8 Å². The van der Waals surface area contributed by atoms with Gasteiger partial charge in [-0.2, -0.15) is 0 Å². The first-order valence-corrected chi connectivity index (χ1v) is 7.64. The van der Waals surface area contributed by atoms with Crippen LogP contribution in [0.5, 0.6) is 0 Å². The fourth-order valence-corrected chi connectivity index (χ4v) is 3.26. The van der Waals surface area contributed by atoms with Gasteiger partial charge in [0.05, 0.1) is 11.6 Å². The number of hydrazine groups is 1. The van der Waals surface area contributed by atoms with E-state index in [1.54, 1.807) is 0 Å². The molecule has 0 saturated heterocycles. The van der Waals surface area contributed by atoms with Crippen molar-refractivity contribution in [1.82, 2.24) is 10.4 Å². The third-order valence-electron chi connectivity index (χ3n) is 4.51. The number of aromatic nitrogens is 1. The fraction of sp³-hybridized carbons (Fsp3) is 0.688. The van der Waals surface area contributed by atoms with Gasteiger partial charge in [-0.05, 0) is 57.1 Å². The second-order valence-electron chi connectivity index (χ2n) is 6.01. The molecule has 1 aliphatic carbocycles. The summed E-state index contributed by atoms with van der Waals surface area (Å²) in [7, 11) is 0. The zero-order chi connectivity index (χ0) is 14.6. The van der Waals surface area contributed by atoms with Crippen LogP contribution < -0.4 is 11.3 Å². The van der Waals surface area contributed by atoms with Gasteiger partial charge in [-0.25, -0.2) is 0 Å². The van der Waals surface area contributed by atoms with Crippen LogP contribution in [0.1, 0.15) is 56.8 Å². The molecule has 0 amide bonds. The molecule has 1 heterocycles. The molecule has 0 aromatic carbocycles. The van der Waals surface area contributed by atoms with Gasteiger partial charge in [0.1, 0.15) is 0 Å². The SMILES string of the molecule is CCOC1(C(NN)c2ccc(C)nc2)CCC(C)CC1. The molecule has 0 aliphatic heterocycles. The van der Waals surface area contributed by atoms with Gasteiger partial charge in [-0.1, -0.05) is 13.0 Å². The first-order chi connectivity index (χ1) is 9.61. The number of ether oxygens (including phenoxy) is 1. The Labute approximate surface area is 122 Å². The Morgan fingerprint density at radius 3 is 2.65 bits per heavy atom. The summed E-state index contributed by atoms with van der Waals surface area (Å²) in [5.41, 5.74) is 4.91. The number of nitrogens with two attached hydrogens (primary N) is 1. The van der Waals surface area contributed by atoms with Crippen LogP contribution in [0, 0.1) is 12.8 Å². The molecule has 20 heavy (non-hydrogen) atoms. The van der Waals surface area contributed by atoms with Gasteiger partial charge in [0, 0.05) is 18.5 Å². The van der Waals surface area contributed by atoms with Gasteiger partial charge >= 0.3 is 0 Å². The average Bonchev–Trinajstić information content (AvgIpc) is 2.45. The van der Waals surface area contributed by atoms with E-state index in [0.29, 0.717) is 6.61 Å². The second kappa shape index (κ2) is 6.66. The molecule has 3 N–H and O–H groups in total. The standard InChI is InChI=1S/C16H27N3O/c1-4-20-16(9-7-12(2)8-10-16)15(19-17)14-6-5-13(3)18-11-14/h5-6,11-12,15,19H,4,7-10,17H2,1-3H3. The Balaban J connectivity index is 2.27. The van der Waals surface area contributed by atoms with Gasteiger partial charge in [-0.15, -0.1) is 0 Å². The summed E-state index contributed by atoms with van der Waals surface area (Å²) >= 11 is 0. The summed E-state index contributed by atoms with van der Waals surface area (Å²) in [5, 5.41) is 0. The van der Waals surface area contributed by atoms with Crippen molar-refractivity contribution in [3.63, 3.8) is 0 Å². The minimum absolute atomic E-state index is 0.00282. The van der Waals surface area contributed by atoms with Crippen molar-refractivity contribution in [2.24, 2.45) is 11.8 Å². The second-order valence-corrected chi connectivity index (χ2v) is 6.01. The number of nitrogens with one attached hydrogen (secondary N) is 1. The first kappa shape index (κ1) is 15.4. The van der Waals surface area contributed by atoms with E-state index in [2.05, 4.69) is 30.3 Å². The molecule has 1 aromatic heterocycles. The average molecular weight is 277 g/mol. The smallest absolute Gasteiger partial charge is 0.0889 e. The summed E-state index contributed by atoms with van der Waals surface area (Å²) in [6, 6.07) is 4.14. The molecule has 1 unspecified atom stereocenters. The van der Waals surface area contributed by atoms with E-state index in [9.17, 15) is 0 Å². The monoisotopic (exact) mass is 277 g/mol. The van der Waals surface area contributed by atoms with Crippen LogP contribution in [0.15, 0.2) is 18.3 Å². The molecule has 0 radical (unpaired) electrons. The summed E-state index contributed by atoms with van der Waals surface area (Å²) in [4.78, 5) is 4.40. The molecular weight excluding hydrogens is 250 g/mol. The maximum atomic E-state index is 6.19. The van der Waals surface area contributed by atoms with E-state index < -0.39 is 0 Å². The lowest BCUT2D eigenvalue weighted by atomic mass is 9.73. The number of rotatable bonds is 5. The van der Waals surface area contributed by atoms with E-state index in [-0.39, 0.29) is 11.6 Å². The molecule has 1 aliphatic rings. The lowest BCUT2D eigenvalue weighted by molar-refractivity contribution is -0.0977. The highest BCUT2D eigenvalue weighted by atomic mass is 16.5. The Hall–Kier alpha value is -0.970. The quantitative estimate of drug-likeness (QED) is 0.642. The van der Waals surface area contributed by atoms with Crippen LogP contribution in [-0.4, -0.2) is 17.2 Å². The van der Waals surface area contributed by atoms with Crippen molar-refractivity contribution < 1.29 is 4.74 Å². The van der Waals surface area contributed by atoms with Crippen LogP contribution in [0.3, 0.4) is 0 Å². The summed E-state index contributed by atoms with van der Waals surface area (Å²) < 4.78 is 6.19. The molecule has 1 aromatic rings. The Morgan fingerprint density at radius 1 is 1.45 bits per heavy atom. The zero-order valence-electron chi connectivity index (χ0n) is 12.9. The van der Waals surface area contributed by atoms with E-state index >= 15 is 0 Å². The summed E-state index contributed by atoms with van der Waals surface area (Å²) in [6.45, 7) is 7.08. The maximum absolute atomic E-state index is 6.19. The molecule has 4 nitrogen and oxygen atoms in total. The largest absolute Gasteiger partial charge is 0.373 e. The normalized spacial score (nSPS) is 28.3. The van der Waals surface area contributed by atoms with Gasteiger partial charge in [0.25, 0.3) is 0 Å². The molecular formula is C16H27N3O. The molecule has 2 rings (SSSR count). The van der Waals surface area contributed by atoms with Crippen molar-refractivity contribution in [3.05, 3.63) is 29.6 Å². The lowest BCUT2D eigenvalue weighted by Crippen LogP contribution is -2.50. The van der Waals surface area contributed by atoms with Crippen LogP contribution in [0.25, 0.3) is 0 Å². The molecule has 1 saturated carbocycles. The van der Waals surface area contributed by atoms with Crippen molar-refractivity contribution in [1.29, 1.82) is 0 Å². The highest BCUT2D eigenvalue weighted by Crippen LogP contribution is 2.42. The zero-order valence-corrected chi connectivity index (χ0v) is 12.9. The Kier molecular flexibility index (Phi) is 5.13. The Morgan fingerprint density at radius 2 is 2.15 bits per heavy atom. The molecule has 1 atom stereocenters. The molecule has 1 fully saturated rings. The van der Waals surface area contributed by atoms with Gasteiger partial charge in [0.2, 0.25) is 0 Å². The number of hydrogen-bond donors (Lipinski definition) is 2. The molecule has 0 spiro atoms. The lowest BCUT2D eigenvalue weighted by Gasteiger charge is -2.44. The highest BCUT2D eigenvalue weighted by molar-refractivity contribution is 5.21. The first-order valence-electron chi connectivity index (χ1n) is 7.64. The van der Waals surface area contributed by atoms with Crippen molar-refractivity contribution >= 4 is 0 Å². The number of hydrogen-bond acceptors (Lipinski definition) is 4. The predicted octanol–water partition coefficient (Wildman–Crippen LogP) is 2.88. The number of nitrogens with zero attached hydrogens (tertiary/aromatic N) is 1. The minimum Gasteiger partial charge on any atom is -0.373 e. The van der Waals surface area contributed by atoms with Crippen LogP contribution in [-0.2, 0) is 4.74 Å². The topological polar surface area (TPSA) is 60.2 Å². The summed E-state index contributed by atoms with van der Waals surface area (Å²) in [6.07, 6.45) is 6.39. The number of pyridine rings is 1. The van der Waals surface area contributed by atoms with Crippen molar-refractivity contribution in [2.45, 2.75) is 58.1 Å². The van der Waals surface area contributed by atoms with E-state index in [1.807, 2.05) is 19.2 Å². The molecule has 0 bridgehead atoms. The summed E-state index contributed by atoms with van der Waals surface area (Å²) in [5.74, 6) is 6.64. The van der Waals surface area contributed by atoms with Crippen molar-refractivity contribution in [3.8, 4) is 0 Å². The van der Waals surface area contributed by atoms with E-state index in [4.69, 9.17) is 10.6 Å². The van der Waals surface area contributed by atoms with Crippen LogP contribution >= 0.6 is 0 Å². The Bertz CT molecular complexity index is 410. The third-order valence-corrected chi connectivity index (χ3v) is 4.51.